The predicted molar refractivity (Wildman–Crippen MR) is 61.4 cm³/mol. The van der Waals surface area contributed by atoms with Crippen molar-refractivity contribution in [2.45, 2.75) is 19.4 Å². The number of carbonyl (C=O) groups excluding carboxylic acids is 1. The van der Waals surface area contributed by atoms with Crippen molar-refractivity contribution >= 4 is 12.0 Å². The minimum atomic E-state index is -0.773. The lowest BCUT2D eigenvalue weighted by atomic mass is 10.1. The lowest BCUT2D eigenvalue weighted by Crippen LogP contribution is -2.36. The van der Waals surface area contributed by atoms with Crippen LogP contribution in [0.25, 0.3) is 0 Å². The van der Waals surface area contributed by atoms with Gasteiger partial charge in [-0.1, -0.05) is 12.1 Å². The highest BCUT2D eigenvalue weighted by atomic mass is 16.3. The molecule has 1 N–H and O–H groups in total. The van der Waals surface area contributed by atoms with E-state index in [-0.39, 0.29) is 0 Å². The molecule has 3 heteroatoms. The van der Waals surface area contributed by atoms with Gasteiger partial charge >= 0.3 is 0 Å². The Hall–Kier alpha value is -1.35. The van der Waals surface area contributed by atoms with Crippen LogP contribution >= 0.6 is 0 Å². The summed E-state index contributed by atoms with van der Waals surface area (Å²) in [7, 11) is 1.86. The molecule has 1 aromatic rings. The molecule has 0 heterocycles. The number of likely N-dealkylation sites (N-methyl/N-ethyl adjacent to an activating group) is 1. The highest BCUT2D eigenvalue weighted by Gasteiger charge is 2.17. The molecule has 0 amide bonds. The van der Waals surface area contributed by atoms with Crippen molar-refractivity contribution in [2.24, 2.45) is 0 Å². The van der Waals surface area contributed by atoms with Crippen LogP contribution in [0.2, 0.25) is 0 Å². The summed E-state index contributed by atoms with van der Waals surface area (Å²) < 4.78 is 0. The van der Waals surface area contributed by atoms with E-state index in [1.54, 1.807) is 19.9 Å². The molecule has 0 saturated heterocycles. The van der Waals surface area contributed by atoms with Gasteiger partial charge < -0.3 is 10.0 Å². The lowest BCUT2D eigenvalue weighted by Gasteiger charge is -2.28. The van der Waals surface area contributed by atoms with Gasteiger partial charge in [-0.3, -0.25) is 4.79 Å². The zero-order valence-electron chi connectivity index (χ0n) is 9.40. The van der Waals surface area contributed by atoms with E-state index in [9.17, 15) is 9.90 Å². The zero-order valence-corrected chi connectivity index (χ0v) is 9.40. The van der Waals surface area contributed by atoms with E-state index in [4.69, 9.17) is 0 Å². The fraction of sp³-hybridized carbons (Fsp3) is 0.417. The van der Waals surface area contributed by atoms with E-state index in [1.165, 1.54) is 0 Å². The Bertz CT molecular complexity index is 342. The molecule has 0 aromatic heterocycles. The quantitative estimate of drug-likeness (QED) is 0.764. The van der Waals surface area contributed by atoms with Crippen molar-refractivity contribution in [3.63, 3.8) is 0 Å². The van der Waals surface area contributed by atoms with E-state index in [1.807, 2.05) is 30.1 Å². The smallest absolute Gasteiger partial charge is 0.152 e. The molecular weight excluding hydrogens is 190 g/mol. The Morgan fingerprint density at radius 1 is 1.40 bits per heavy atom. The second-order valence-electron chi connectivity index (χ2n) is 4.35. The number of hydrogen-bond donors (Lipinski definition) is 1. The molecule has 0 unspecified atom stereocenters. The summed E-state index contributed by atoms with van der Waals surface area (Å²) in [4.78, 5) is 12.7. The fourth-order valence-corrected chi connectivity index (χ4v) is 1.60. The Balaban J connectivity index is 2.90. The molecule has 0 aliphatic heterocycles. The second-order valence-corrected chi connectivity index (χ2v) is 4.35. The van der Waals surface area contributed by atoms with Gasteiger partial charge in [0.2, 0.25) is 0 Å². The lowest BCUT2D eigenvalue weighted by molar-refractivity contribution is 0.0884. The van der Waals surface area contributed by atoms with Crippen LogP contribution < -0.4 is 4.90 Å². The summed E-state index contributed by atoms with van der Waals surface area (Å²) in [6, 6.07) is 7.34. The highest BCUT2D eigenvalue weighted by molar-refractivity contribution is 5.84. The van der Waals surface area contributed by atoms with Gasteiger partial charge in [0, 0.05) is 24.8 Å². The first-order valence-electron chi connectivity index (χ1n) is 4.92. The van der Waals surface area contributed by atoms with Crippen LogP contribution in [-0.4, -0.2) is 30.6 Å². The summed E-state index contributed by atoms with van der Waals surface area (Å²) in [6.45, 7) is 3.97. The van der Waals surface area contributed by atoms with Gasteiger partial charge in [-0.2, -0.15) is 0 Å². The first-order chi connectivity index (χ1) is 6.94. The molecule has 1 rings (SSSR count). The first kappa shape index (κ1) is 11.7. The number of benzene rings is 1. The van der Waals surface area contributed by atoms with Gasteiger partial charge in [0.1, 0.15) is 0 Å². The number of rotatable bonds is 4. The summed E-state index contributed by atoms with van der Waals surface area (Å²) in [5.74, 6) is 0. The van der Waals surface area contributed by atoms with Gasteiger partial charge in [0.05, 0.1) is 5.60 Å². The third-order valence-electron chi connectivity index (χ3n) is 2.10. The number of para-hydroxylation sites is 1. The minimum absolute atomic E-state index is 0.484. The molecule has 0 radical (unpaired) electrons. The third kappa shape index (κ3) is 3.36. The Labute approximate surface area is 90.3 Å². The maximum absolute atomic E-state index is 10.8. The molecular formula is C12H17NO2. The molecule has 0 spiro atoms. The Morgan fingerprint density at radius 3 is 2.53 bits per heavy atom. The molecule has 0 fully saturated rings. The average Bonchev–Trinajstić information content (AvgIpc) is 2.15. The predicted octanol–water partition coefficient (Wildman–Crippen LogP) is 1.71. The summed E-state index contributed by atoms with van der Waals surface area (Å²) in [6.07, 6.45) is 0.830. The monoisotopic (exact) mass is 207 g/mol. The van der Waals surface area contributed by atoms with Crippen LogP contribution in [0.1, 0.15) is 24.2 Å². The van der Waals surface area contributed by atoms with Gasteiger partial charge in [-0.05, 0) is 26.0 Å². The van der Waals surface area contributed by atoms with Crippen molar-refractivity contribution < 1.29 is 9.90 Å². The molecule has 0 bridgehead atoms. The van der Waals surface area contributed by atoms with Crippen LogP contribution in [-0.2, 0) is 0 Å². The third-order valence-corrected chi connectivity index (χ3v) is 2.10. The summed E-state index contributed by atoms with van der Waals surface area (Å²) in [5.41, 5.74) is 0.712. The van der Waals surface area contributed by atoms with Crippen molar-refractivity contribution in [2.75, 3.05) is 18.5 Å². The fourth-order valence-electron chi connectivity index (χ4n) is 1.60. The highest BCUT2D eigenvalue weighted by Crippen LogP contribution is 2.19. The SMILES string of the molecule is CN(CC(C)(C)O)c1ccccc1C=O. The molecule has 0 aliphatic carbocycles. The number of aldehydes is 1. The maximum Gasteiger partial charge on any atom is 0.152 e. The summed E-state index contributed by atoms with van der Waals surface area (Å²) in [5, 5.41) is 9.68. The van der Waals surface area contributed by atoms with Crippen LogP contribution in [0.5, 0.6) is 0 Å². The maximum atomic E-state index is 10.8. The Morgan fingerprint density at radius 2 is 2.00 bits per heavy atom. The van der Waals surface area contributed by atoms with Gasteiger partial charge in [0.25, 0.3) is 0 Å². The van der Waals surface area contributed by atoms with E-state index in [0.29, 0.717) is 12.1 Å². The van der Waals surface area contributed by atoms with E-state index in [0.717, 1.165) is 12.0 Å². The average molecular weight is 207 g/mol. The summed E-state index contributed by atoms with van der Waals surface area (Å²) >= 11 is 0. The van der Waals surface area contributed by atoms with Crippen LogP contribution in [0.15, 0.2) is 24.3 Å². The van der Waals surface area contributed by atoms with E-state index < -0.39 is 5.60 Å². The standard InChI is InChI=1S/C12H17NO2/c1-12(2,15)9-13(3)11-7-5-4-6-10(11)8-14/h4-8,15H,9H2,1-3H3. The molecule has 0 saturated carbocycles. The van der Waals surface area contributed by atoms with Crippen molar-refractivity contribution in [3.05, 3.63) is 29.8 Å². The number of nitrogens with zero attached hydrogens (tertiary/aromatic N) is 1. The first-order valence-corrected chi connectivity index (χ1v) is 4.92. The van der Waals surface area contributed by atoms with Crippen LogP contribution in [0, 0.1) is 0 Å². The van der Waals surface area contributed by atoms with Crippen LogP contribution in [0.4, 0.5) is 5.69 Å². The molecule has 15 heavy (non-hydrogen) atoms. The zero-order chi connectivity index (χ0) is 11.5. The molecule has 82 valence electrons. The number of carbonyl (C=O) groups is 1. The largest absolute Gasteiger partial charge is 0.389 e. The van der Waals surface area contributed by atoms with Gasteiger partial charge in [0.15, 0.2) is 6.29 Å². The van der Waals surface area contributed by atoms with Gasteiger partial charge in [-0.25, -0.2) is 0 Å². The molecule has 0 aliphatic rings. The van der Waals surface area contributed by atoms with Crippen molar-refractivity contribution in [1.29, 1.82) is 0 Å². The normalized spacial score (nSPS) is 11.2. The minimum Gasteiger partial charge on any atom is -0.389 e. The Kier molecular flexibility index (Phi) is 3.48. The van der Waals surface area contributed by atoms with E-state index >= 15 is 0 Å². The second kappa shape index (κ2) is 4.45. The topological polar surface area (TPSA) is 40.5 Å². The van der Waals surface area contributed by atoms with Crippen molar-refractivity contribution in [1.82, 2.24) is 0 Å². The van der Waals surface area contributed by atoms with Gasteiger partial charge in [-0.15, -0.1) is 0 Å². The number of anilines is 1. The van der Waals surface area contributed by atoms with Crippen LogP contribution in [0.3, 0.4) is 0 Å². The van der Waals surface area contributed by atoms with E-state index in [2.05, 4.69) is 0 Å². The number of hydrogen-bond acceptors (Lipinski definition) is 3. The molecule has 0 atom stereocenters. The molecule has 1 aromatic carbocycles. The number of aliphatic hydroxyl groups is 1. The van der Waals surface area contributed by atoms with Crippen molar-refractivity contribution in [3.8, 4) is 0 Å². The molecule has 3 nitrogen and oxygen atoms in total.